The van der Waals surface area contributed by atoms with Gasteiger partial charge in [0.1, 0.15) is 11.9 Å². The first-order chi connectivity index (χ1) is 8.68. The minimum Gasteiger partial charge on any atom is -0.477 e. The number of rotatable bonds is 5. The second-order valence-corrected chi connectivity index (χ2v) is 4.46. The maximum atomic E-state index is 10.9. The smallest absolute Gasteiger partial charge is 0.342 e. The maximum absolute atomic E-state index is 10.9. The number of carboxylic acids is 1. The zero-order chi connectivity index (χ0) is 13.0. The molecule has 0 spiro atoms. The summed E-state index contributed by atoms with van der Waals surface area (Å²) in [6, 6.07) is 0.528. The Morgan fingerprint density at radius 3 is 3.17 bits per heavy atom. The van der Waals surface area contributed by atoms with Crippen LogP contribution in [0.2, 0.25) is 0 Å². The Morgan fingerprint density at radius 2 is 2.50 bits per heavy atom. The SMILES string of the molecule is CN1CCCC1CCOc1ncncc1C(=O)O. The van der Waals surface area contributed by atoms with Crippen molar-refractivity contribution in [2.24, 2.45) is 0 Å². The lowest BCUT2D eigenvalue weighted by molar-refractivity contribution is 0.0690. The molecule has 2 heterocycles. The third-order valence-corrected chi connectivity index (χ3v) is 3.27. The Labute approximate surface area is 106 Å². The minimum atomic E-state index is -1.07. The van der Waals surface area contributed by atoms with Gasteiger partial charge in [0.25, 0.3) is 0 Å². The van der Waals surface area contributed by atoms with Crippen LogP contribution < -0.4 is 4.74 Å². The summed E-state index contributed by atoms with van der Waals surface area (Å²) in [6.45, 7) is 1.60. The maximum Gasteiger partial charge on any atom is 0.342 e. The molecule has 0 bridgehead atoms. The van der Waals surface area contributed by atoms with E-state index < -0.39 is 5.97 Å². The average Bonchev–Trinajstić information content (AvgIpc) is 2.76. The number of carboxylic acid groups (broad SMARTS) is 1. The van der Waals surface area contributed by atoms with Gasteiger partial charge >= 0.3 is 5.97 Å². The van der Waals surface area contributed by atoms with Crippen molar-refractivity contribution in [3.05, 3.63) is 18.1 Å². The van der Waals surface area contributed by atoms with Crippen LogP contribution in [0.25, 0.3) is 0 Å². The molecule has 0 radical (unpaired) electrons. The van der Waals surface area contributed by atoms with E-state index in [1.807, 2.05) is 0 Å². The van der Waals surface area contributed by atoms with Crippen molar-refractivity contribution in [3.8, 4) is 5.88 Å². The highest BCUT2D eigenvalue weighted by Gasteiger charge is 2.21. The van der Waals surface area contributed by atoms with E-state index in [0.29, 0.717) is 12.6 Å². The molecule has 98 valence electrons. The second-order valence-electron chi connectivity index (χ2n) is 4.46. The van der Waals surface area contributed by atoms with Crippen LogP contribution in [0, 0.1) is 0 Å². The van der Waals surface area contributed by atoms with Gasteiger partial charge in [-0.25, -0.2) is 14.8 Å². The zero-order valence-electron chi connectivity index (χ0n) is 10.4. The summed E-state index contributed by atoms with van der Waals surface area (Å²) < 4.78 is 5.45. The number of aromatic carboxylic acids is 1. The Balaban J connectivity index is 1.88. The Morgan fingerprint density at radius 1 is 1.67 bits per heavy atom. The molecule has 1 unspecified atom stereocenters. The first kappa shape index (κ1) is 12.8. The van der Waals surface area contributed by atoms with E-state index in [0.717, 1.165) is 13.0 Å². The van der Waals surface area contributed by atoms with E-state index in [2.05, 4.69) is 21.9 Å². The number of hydrogen-bond donors (Lipinski definition) is 1. The molecule has 1 atom stereocenters. The number of nitrogens with zero attached hydrogens (tertiary/aromatic N) is 3. The predicted molar refractivity (Wildman–Crippen MR) is 64.8 cm³/mol. The molecule has 1 aliphatic heterocycles. The molecule has 1 aromatic rings. The molecule has 18 heavy (non-hydrogen) atoms. The summed E-state index contributed by atoms with van der Waals surface area (Å²) >= 11 is 0. The lowest BCUT2D eigenvalue weighted by atomic mass is 10.1. The second kappa shape index (κ2) is 5.77. The molecule has 2 rings (SSSR count). The van der Waals surface area contributed by atoms with Gasteiger partial charge < -0.3 is 14.7 Å². The van der Waals surface area contributed by atoms with Gasteiger partial charge in [-0.1, -0.05) is 0 Å². The number of likely N-dealkylation sites (tertiary alicyclic amines) is 1. The van der Waals surface area contributed by atoms with Crippen molar-refractivity contribution in [1.82, 2.24) is 14.9 Å². The van der Waals surface area contributed by atoms with Gasteiger partial charge in [0.2, 0.25) is 5.88 Å². The fourth-order valence-electron chi connectivity index (χ4n) is 2.22. The highest BCUT2D eigenvalue weighted by atomic mass is 16.5. The number of ether oxygens (including phenoxy) is 1. The van der Waals surface area contributed by atoms with E-state index in [1.54, 1.807) is 0 Å². The standard InChI is InChI=1S/C12H17N3O3/c1-15-5-2-3-9(15)4-6-18-11-10(12(16)17)7-13-8-14-11/h7-9H,2-6H2,1H3,(H,16,17). The van der Waals surface area contributed by atoms with Gasteiger partial charge in [0.15, 0.2) is 0 Å². The summed E-state index contributed by atoms with van der Waals surface area (Å²) in [5.41, 5.74) is 0.0114. The summed E-state index contributed by atoms with van der Waals surface area (Å²) in [6.07, 6.45) is 5.83. The number of hydrogen-bond acceptors (Lipinski definition) is 5. The van der Waals surface area contributed by atoms with Crippen molar-refractivity contribution in [3.63, 3.8) is 0 Å². The highest BCUT2D eigenvalue weighted by molar-refractivity contribution is 5.89. The van der Waals surface area contributed by atoms with Gasteiger partial charge in [-0.05, 0) is 32.9 Å². The topological polar surface area (TPSA) is 75.5 Å². The summed E-state index contributed by atoms with van der Waals surface area (Å²) in [5.74, 6) is -0.915. The fraction of sp³-hybridized carbons (Fsp3) is 0.583. The molecule has 1 aliphatic rings. The lowest BCUT2D eigenvalue weighted by Gasteiger charge is -2.19. The molecule has 0 saturated carbocycles. The predicted octanol–water partition coefficient (Wildman–Crippen LogP) is 1.04. The van der Waals surface area contributed by atoms with Gasteiger partial charge in [0, 0.05) is 12.2 Å². The Kier molecular flexibility index (Phi) is 4.09. The summed E-state index contributed by atoms with van der Waals surface area (Å²) in [7, 11) is 2.10. The normalized spacial score (nSPS) is 19.9. The van der Waals surface area contributed by atoms with Gasteiger partial charge in [-0.3, -0.25) is 0 Å². The van der Waals surface area contributed by atoms with E-state index in [-0.39, 0.29) is 11.4 Å². The van der Waals surface area contributed by atoms with Crippen LogP contribution in [-0.2, 0) is 0 Å². The number of carbonyl (C=O) groups is 1. The van der Waals surface area contributed by atoms with Crippen molar-refractivity contribution in [2.75, 3.05) is 20.2 Å². The molecule has 6 nitrogen and oxygen atoms in total. The monoisotopic (exact) mass is 251 g/mol. The Bertz CT molecular complexity index is 425. The molecule has 1 N–H and O–H groups in total. The molecule has 0 aromatic carbocycles. The van der Waals surface area contributed by atoms with Crippen molar-refractivity contribution in [1.29, 1.82) is 0 Å². The minimum absolute atomic E-state index is 0.0114. The molecule has 1 saturated heterocycles. The Hall–Kier alpha value is -1.69. The fourth-order valence-corrected chi connectivity index (χ4v) is 2.22. The van der Waals surface area contributed by atoms with Gasteiger partial charge in [-0.2, -0.15) is 0 Å². The van der Waals surface area contributed by atoms with E-state index >= 15 is 0 Å². The third-order valence-electron chi connectivity index (χ3n) is 3.27. The third kappa shape index (κ3) is 2.95. The van der Waals surface area contributed by atoms with E-state index in [1.165, 1.54) is 25.4 Å². The lowest BCUT2D eigenvalue weighted by Crippen LogP contribution is -2.26. The van der Waals surface area contributed by atoms with Gasteiger partial charge in [0.05, 0.1) is 6.61 Å². The zero-order valence-corrected chi connectivity index (χ0v) is 10.4. The molecule has 1 fully saturated rings. The van der Waals surface area contributed by atoms with Crippen molar-refractivity contribution < 1.29 is 14.6 Å². The summed E-state index contributed by atoms with van der Waals surface area (Å²) in [4.78, 5) is 20.8. The largest absolute Gasteiger partial charge is 0.477 e. The van der Waals surface area contributed by atoms with Crippen LogP contribution in [0.3, 0.4) is 0 Å². The first-order valence-corrected chi connectivity index (χ1v) is 6.05. The quantitative estimate of drug-likeness (QED) is 0.842. The van der Waals surface area contributed by atoms with Crippen LogP contribution in [0.4, 0.5) is 0 Å². The van der Waals surface area contributed by atoms with Crippen molar-refractivity contribution >= 4 is 5.97 Å². The van der Waals surface area contributed by atoms with Crippen LogP contribution >= 0.6 is 0 Å². The van der Waals surface area contributed by atoms with E-state index in [4.69, 9.17) is 9.84 Å². The molecule has 0 aliphatic carbocycles. The van der Waals surface area contributed by atoms with Crippen LogP contribution in [-0.4, -0.2) is 52.2 Å². The van der Waals surface area contributed by atoms with Crippen LogP contribution in [0.1, 0.15) is 29.6 Å². The van der Waals surface area contributed by atoms with Crippen molar-refractivity contribution in [2.45, 2.75) is 25.3 Å². The first-order valence-electron chi connectivity index (χ1n) is 6.05. The molecule has 1 aromatic heterocycles. The highest BCUT2D eigenvalue weighted by Crippen LogP contribution is 2.19. The van der Waals surface area contributed by atoms with Gasteiger partial charge in [-0.15, -0.1) is 0 Å². The van der Waals surface area contributed by atoms with Crippen LogP contribution in [0.5, 0.6) is 5.88 Å². The molecular formula is C12H17N3O3. The van der Waals surface area contributed by atoms with Crippen LogP contribution in [0.15, 0.2) is 12.5 Å². The molecule has 6 heteroatoms. The van der Waals surface area contributed by atoms with E-state index in [9.17, 15) is 4.79 Å². The summed E-state index contributed by atoms with van der Waals surface area (Å²) in [5, 5.41) is 8.95. The number of aromatic nitrogens is 2. The molecule has 0 amide bonds. The average molecular weight is 251 g/mol. The molecular weight excluding hydrogens is 234 g/mol.